The van der Waals surface area contributed by atoms with E-state index < -0.39 is 7.60 Å². The molecule has 1 rings (SSSR count). The zero-order chi connectivity index (χ0) is 9.03. The Morgan fingerprint density at radius 2 is 2.33 bits per heavy atom. The third-order valence-corrected chi connectivity index (χ3v) is 1.72. The molecular formula is C6H9N2O3P. The quantitative estimate of drug-likeness (QED) is 0.606. The minimum Gasteiger partial charge on any atom is -0.373 e. The normalized spacial score (nSPS) is 11.2. The Morgan fingerprint density at radius 3 is 2.83 bits per heavy atom. The van der Waals surface area contributed by atoms with Gasteiger partial charge in [-0.25, -0.2) is 0 Å². The minimum absolute atomic E-state index is 0.362. The molecule has 0 unspecified atom stereocenters. The molecule has 0 amide bonds. The number of hydrogen-bond donors (Lipinski definition) is 3. The zero-order valence-corrected chi connectivity index (χ0v) is 7.11. The maximum absolute atomic E-state index is 10.4. The fourth-order valence-electron chi connectivity index (χ4n) is 0.662. The lowest BCUT2D eigenvalue weighted by Crippen LogP contribution is -2.01. The number of nitrogens with zero attached hydrogens (tertiary/aromatic N) is 1. The van der Waals surface area contributed by atoms with E-state index in [1.165, 1.54) is 6.20 Å². The molecule has 1 heterocycles. The highest BCUT2D eigenvalue weighted by atomic mass is 31.2. The van der Waals surface area contributed by atoms with E-state index in [1.807, 2.05) is 0 Å². The summed E-state index contributed by atoms with van der Waals surface area (Å²) in [5.74, 6) is 0. The van der Waals surface area contributed by atoms with Crippen LogP contribution in [0.3, 0.4) is 0 Å². The number of pyridine rings is 1. The Hall–Kier alpha value is -0.900. The predicted molar refractivity (Wildman–Crippen MR) is 44.8 cm³/mol. The van der Waals surface area contributed by atoms with Crippen molar-refractivity contribution in [2.75, 3.05) is 11.6 Å². The van der Waals surface area contributed by atoms with Crippen molar-refractivity contribution in [2.24, 2.45) is 0 Å². The van der Waals surface area contributed by atoms with Gasteiger partial charge in [-0.15, -0.1) is 0 Å². The van der Waals surface area contributed by atoms with Gasteiger partial charge in [-0.3, -0.25) is 9.55 Å². The lowest BCUT2D eigenvalue weighted by Gasteiger charge is -2.05. The summed E-state index contributed by atoms with van der Waals surface area (Å²) in [7, 11) is -3.97. The van der Waals surface area contributed by atoms with Crippen LogP contribution in [0.5, 0.6) is 0 Å². The van der Waals surface area contributed by atoms with Crippen LogP contribution in [0.2, 0.25) is 0 Å². The van der Waals surface area contributed by atoms with Gasteiger partial charge in [-0.05, 0) is 12.1 Å². The van der Waals surface area contributed by atoms with Crippen LogP contribution < -0.4 is 5.32 Å². The minimum atomic E-state index is -3.97. The van der Waals surface area contributed by atoms with Crippen LogP contribution in [0.1, 0.15) is 0 Å². The maximum Gasteiger partial charge on any atom is 0.344 e. The molecule has 0 fully saturated rings. The summed E-state index contributed by atoms with van der Waals surface area (Å²) in [4.78, 5) is 20.8. The number of rotatable bonds is 3. The number of aromatic nitrogens is 1. The Labute approximate surface area is 69.6 Å². The maximum atomic E-state index is 10.4. The van der Waals surface area contributed by atoms with E-state index in [-0.39, 0.29) is 6.29 Å². The van der Waals surface area contributed by atoms with Crippen LogP contribution in [-0.4, -0.2) is 21.1 Å². The van der Waals surface area contributed by atoms with Gasteiger partial charge < -0.3 is 15.1 Å². The molecule has 0 spiro atoms. The average Bonchev–Trinajstić information content (AvgIpc) is 2.02. The van der Waals surface area contributed by atoms with E-state index in [0.29, 0.717) is 5.69 Å². The highest BCUT2D eigenvalue weighted by Gasteiger charge is 2.11. The van der Waals surface area contributed by atoms with Crippen LogP contribution in [0.4, 0.5) is 5.69 Å². The molecule has 0 aliphatic carbocycles. The molecule has 12 heavy (non-hydrogen) atoms. The summed E-state index contributed by atoms with van der Waals surface area (Å²) in [6, 6.07) is 3.37. The Morgan fingerprint density at radius 1 is 1.58 bits per heavy atom. The molecule has 0 atom stereocenters. The van der Waals surface area contributed by atoms with Gasteiger partial charge in [-0.2, -0.15) is 0 Å². The van der Waals surface area contributed by atoms with E-state index in [4.69, 9.17) is 9.79 Å². The van der Waals surface area contributed by atoms with E-state index in [0.717, 1.165) is 0 Å². The lowest BCUT2D eigenvalue weighted by molar-refractivity contribution is 0.375. The van der Waals surface area contributed by atoms with Crippen LogP contribution in [0.15, 0.2) is 24.5 Å². The van der Waals surface area contributed by atoms with E-state index in [2.05, 4.69) is 10.3 Å². The van der Waals surface area contributed by atoms with Gasteiger partial charge in [-0.1, -0.05) is 0 Å². The first-order valence-electron chi connectivity index (χ1n) is 3.26. The van der Waals surface area contributed by atoms with Gasteiger partial charge in [0.05, 0.1) is 5.69 Å². The second-order valence-electron chi connectivity index (χ2n) is 2.24. The summed E-state index contributed by atoms with van der Waals surface area (Å²) in [6.45, 7) is 0. The summed E-state index contributed by atoms with van der Waals surface area (Å²) >= 11 is 0. The second kappa shape index (κ2) is 3.67. The standard InChI is InChI=1S/C6H9N2O3P/c9-12(10,11)5-8-6-2-1-3-7-4-6/h1-4,8H,5H2,(H2,9,10,11). The number of hydrogen-bond acceptors (Lipinski definition) is 3. The lowest BCUT2D eigenvalue weighted by atomic mass is 10.4. The molecule has 66 valence electrons. The van der Waals surface area contributed by atoms with Crippen LogP contribution in [0, 0.1) is 0 Å². The number of nitrogens with one attached hydrogen (secondary N) is 1. The summed E-state index contributed by atoms with van der Waals surface area (Å²) in [6.07, 6.45) is 2.72. The topological polar surface area (TPSA) is 82.5 Å². The molecule has 0 radical (unpaired) electrons. The van der Waals surface area contributed by atoms with Gasteiger partial charge in [0.1, 0.15) is 6.29 Å². The molecule has 0 saturated heterocycles. The van der Waals surface area contributed by atoms with Crippen molar-refractivity contribution in [3.63, 3.8) is 0 Å². The summed E-state index contributed by atoms with van der Waals surface area (Å²) in [5, 5.41) is 2.56. The van der Waals surface area contributed by atoms with Gasteiger partial charge in [0.15, 0.2) is 0 Å². The van der Waals surface area contributed by atoms with Crippen molar-refractivity contribution < 1.29 is 14.4 Å². The molecule has 3 N–H and O–H groups in total. The summed E-state index contributed by atoms with van der Waals surface area (Å²) in [5.41, 5.74) is 0.598. The summed E-state index contributed by atoms with van der Waals surface area (Å²) < 4.78 is 10.4. The molecule has 0 aromatic carbocycles. The van der Waals surface area contributed by atoms with Gasteiger partial charge in [0.25, 0.3) is 0 Å². The first-order chi connectivity index (χ1) is 5.58. The monoisotopic (exact) mass is 188 g/mol. The average molecular weight is 188 g/mol. The first kappa shape index (κ1) is 9.19. The third kappa shape index (κ3) is 3.48. The molecule has 1 aromatic rings. The van der Waals surface area contributed by atoms with Gasteiger partial charge in [0.2, 0.25) is 0 Å². The fraction of sp³-hybridized carbons (Fsp3) is 0.167. The molecule has 5 nitrogen and oxygen atoms in total. The Bertz CT molecular complexity index is 284. The van der Waals surface area contributed by atoms with Crippen molar-refractivity contribution in [1.82, 2.24) is 4.98 Å². The Kier molecular flexibility index (Phi) is 2.81. The van der Waals surface area contributed by atoms with Crippen LogP contribution in [0.25, 0.3) is 0 Å². The van der Waals surface area contributed by atoms with Crippen molar-refractivity contribution in [1.29, 1.82) is 0 Å². The highest BCUT2D eigenvalue weighted by molar-refractivity contribution is 7.51. The molecule has 6 heteroatoms. The largest absolute Gasteiger partial charge is 0.373 e. The van der Waals surface area contributed by atoms with Crippen LogP contribution >= 0.6 is 7.60 Å². The third-order valence-electron chi connectivity index (χ3n) is 1.15. The fourth-order valence-corrected chi connectivity index (χ4v) is 1.05. The van der Waals surface area contributed by atoms with Crippen molar-refractivity contribution in [2.45, 2.75) is 0 Å². The molecule has 0 bridgehead atoms. The smallest absolute Gasteiger partial charge is 0.344 e. The first-order valence-corrected chi connectivity index (χ1v) is 5.06. The molecule has 0 aliphatic rings. The molecule has 0 aliphatic heterocycles. The molecule has 1 aromatic heterocycles. The molecular weight excluding hydrogens is 179 g/mol. The van der Waals surface area contributed by atoms with Gasteiger partial charge >= 0.3 is 7.60 Å². The van der Waals surface area contributed by atoms with E-state index >= 15 is 0 Å². The van der Waals surface area contributed by atoms with Crippen LogP contribution in [-0.2, 0) is 4.57 Å². The van der Waals surface area contributed by atoms with E-state index in [1.54, 1.807) is 18.3 Å². The SMILES string of the molecule is O=P(O)(O)CNc1cccnc1. The second-order valence-corrected chi connectivity index (χ2v) is 3.89. The van der Waals surface area contributed by atoms with Gasteiger partial charge in [0, 0.05) is 12.4 Å². The zero-order valence-electron chi connectivity index (χ0n) is 6.21. The van der Waals surface area contributed by atoms with Crippen molar-refractivity contribution in [3.05, 3.63) is 24.5 Å². The van der Waals surface area contributed by atoms with Crippen molar-refractivity contribution >= 4 is 13.3 Å². The highest BCUT2D eigenvalue weighted by Crippen LogP contribution is 2.33. The Balaban J connectivity index is 2.50. The molecule has 0 saturated carbocycles. The number of anilines is 1. The van der Waals surface area contributed by atoms with E-state index in [9.17, 15) is 4.57 Å². The van der Waals surface area contributed by atoms with Crippen molar-refractivity contribution in [3.8, 4) is 0 Å². The predicted octanol–water partition coefficient (Wildman–Crippen LogP) is 0.629.